The fourth-order valence-corrected chi connectivity index (χ4v) is 4.83. The van der Waals surface area contributed by atoms with Gasteiger partial charge < -0.3 is 10.2 Å². The number of benzene rings is 1. The van der Waals surface area contributed by atoms with Gasteiger partial charge in [0.15, 0.2) is 0 Å². The minimum Gasteiger partial charge on any atom is -0.351 e. The molecule has 3 heterocycles. The second kappa shape index (κ2) is 8.90. The van der Waals surface area contributed by atoms with E-state index in [0.717, 1.165) is 53.9 Å². The van der Waals surface area contributed by atoms with Crippen LogP contribution >= 0.6 is 0 Å². The van der Waals surface area contributed by atoms with Crippen molar-refractivity contribution >= 4 is 27.7 Å². The highest BCUT2D eigenvalue weighted by molar-refractivity contribution is 6.09. The number of hydrogen-bond donors (Lipinski definition) is 2. The van der Waals surface area contributed by atoms with E-state index in [9.17, 15) is 4.79 Å². The van der Waals surface area contributed by atoms with Gasteiger partial charge in [-0.1, -0.05) is 6.42 Å². The second-order valence-corrected chi connectivity index (χ2v) is 9.17. The van der Waals surface area contributed by atoms with Crippen LogP contribution in [0.1, 0.15) is 46.4 Å². The average molecular weight is 443 g/mol. The Morgan fingerprint density at radius 3 is 2.58 bits per heavy atom. The maximum Gasteiger partial charge on any atom is 0.252 e. The fraction of sp³-hybridized carbons (Fsp3) is 0.385. The lowest BCUT2D eigenvalue weighted by Crippen LogP contribution is -2.31. The Balaban J connectivity index is 1.57. The number of H-pyrrole nitrogens is 1. The highest BCUT2D eigenvalue weighted by atomic mass is 16.1. The number of hydrogen-bond acceptors (Lipinski definition) is 5. The summed E-state index contributed by atoms with van der Waals surface area (Å²) in [7, 11) is 3.97. The van der Waals surface area contributed by atoms with Gasteiger partial charge in [0.25, 0.3) is 5.91 Å². The first-order valence-corrected chi connectivity index (χ1v) is 11.7. The van der Waals surface area contributed by atoms with Gasteiger partial charge in [-0.2, -0.15) is 5.10 Å². The Hall–Kier alpha value is -3.32. The first kappa shape index (κ1) is 21.5. The third-order valence-electron chi connectivity index (χ3n) is 6.53. The summed E-state index contributed by atoms with van der Waals surface area (Å²) in [5.74, 6) is -0.0981. The summed E-state index contributed by atoms with van der Waals surface area (Å²) in [5.41, 5.74) is 8.07. The molecule has 33 heavy (non-hydrogen) atoms. The minimum atomic E-state index is -0.0981. The van der Waals surface area contributed by atoms with Crippen LogP contribution in [0.3, 0.4) is 0 Å². The summed E-state index contributed by atoms with van der Waals surface area (Å²) in [6.45, 7) is 3.48. The number of nitrogens with one attached hydrogen (secondary N) is 2. The Kier molecular flexibility index (Phi) is 5.81. The zero-order valence-corrected chi connectivity index (χ0v) is 19.5. The van der Waals surface area contributed by atoms with E-state index in [0.29, 0.717) is 12.1 Å². The topological polar surface area (TPSA) is 86.8 Å². The minimum absolute atomic E-state index is 0.0981. The van der Waals surface area contributed by atoms with Crippen molar-refractivity contribution in [2.24, 2.45) is 0 Å². The van der Waals surface area contributed by atoms with Gasteiger partial charge in [-0.15, -0.1) is 0 Å². The highest BCUT2D eigenvalue weighted by Gasteiger charge is 2.22. The Labute approximate surface area is 193 Å². The smallest absolute Gasteiger partial charge is 0.252 e. The van der Waals surface area contributed by atoms with E-state index in [1.54, 1.807) is 6.20 Å². The number of amides is 1. The van der Waals surface area contributed by atoms with E-state index in [1.165, 1.54) is 34.7 Å². The summed E-state index contributed by atoms with van der Waals surface area (Å²) >= 11 is 0. The maximum atomic E-state index is 12.5. The lowest BCUT2D eigenvalue weighted by molar-refractivity contribution is 0.0950. The van der Waals surface area contributed by atoms with E-state index in [-0.39, 0.29) is 5.91 Å². The van der Waals surface area contributed by atoms with Crippen LogP contribution in [0.25, 0.3) is 33.2 Å². The number of carbonyl (C=O) groups excluding carboxylic acids is 1. The van der Waals surface area contributed by atoms with Gasteiger partial charge in [0.1, 0.15) is 0 Å². The molecule has 0 bridgehead atoms. The number of carbonyl (C=O) groups is 1. The number of pyridine rings is 2. The first-order valence-electron chi connectivity index (χ1n) is 11.7. The molecule has 3 aromatic heterocycles. The van der Waals surface area contributed by atoms with Crippen molar-refractivity contribution in [1.82, 2.24) is 30.4 Å². The number of fused-ring (bicyclic) bond motifs is 5. The van der Waals surface area contributed by atoms with E-state index in [4.69, 9.17) is 4.98 Å². The van der Waals surface area contributed by atoms with Crippen LogP contribution in [-0.4, -0.2) is 58.2 Å². The van der Waals surface area contributed by atoms with Gasteiger partial charge in [-0.25, -0.2) is 4.98 Å². The predicted octanol–water partition coefficient (Wildman–Crippen LogP) is 4.04. The van der Waals surface area contributed by atoms with E-state index in [2.05, 4.69) is 33.5 Å². The molecule has 0 spiro atoms. The molecule has 0 unspecified atom stereocenters. The fourth-order valence-electron chi connectivity index (χ4n) is 4.83. The molecule has 2 N–H and O–H groups in total. The lowest BCUT2D eigenvalue weighted by atomic mass is 9.93. The first-order chi connectivity index (χ1) is 16.0. The lowest BCUT2D eigenvalue weighted by Gasteiger charge is -2.16. The van der Waals surface area contributed by atoms with Crippen LogP contribution in [0.15, 0.2) is 30.5 Å². The Morgan fingerprint density at radius 2 is 1.82 bits per heavy atom. The molecule has 1 amide bonds. The third kappa shape index (κ3) is 4.09. The van der Waals surface area contributed by atoms with E-state index in [1.807, 2.05) is 37.2 Å². The molecule has 0 aliphatic heterocycles. The van der Waals surface area contributed by atoms with Gasteiger partial charge in [0.2, 0.25) is 0 Å². The zero-order chi connectivity index (χ0) is 22.9. The van der Waals surface area contributed by atoms with Crippen molar-refractivity contribution in [1.29, 1.82) is 0 Å². The van der Waals surface area contributed by atoms with Gasteiger partial charge in [0, 0.05) is 35.8 Å². The molecular formula is C26H30N6O. The molecule has 0 atom stereocenters. The number of aryl methyl sites for hydroxylation is 2. The van der Waals surface area contributed by atoms with Crippen molar-refractivity contribution in [3.8, 4) is 11.4 Å². The molecule has 0 fully saturated rings. The number of likely N-dealkylation sites (N-methyl/N-ethyl adjacent to an activating group) is 1. The monoisotopic (exact) mass is 442 g/mol. The highest BCUT2D eigenvalue weighted by Crippen LogP contribution is 2.37. The SMILES string of the molecule is Cc1[nH]nc2ccc3nc(-c4ccc(C(=O)NCCN(C)C)cn4)c4c(c3c12)CCCCC4. The number of aromatic amines is 1. The van der Waals surface area contributed by atoms with Crippen LogP contribution in [0.2, 0.25) is 0 Å². The molecule has 5 rings (SSSR count). The van der Waals surface area contributed by atoms with Gasteiger partial charge in [0.05, 0.1) is 28.0 Å². The summed E-state index contributed by atoms with van der Waals surface area (Å²) in [4.78, 5) is 24.3. The maximum absolute atomic E-state index is 12.5. The molecular weight excluding hydrogens is 412 g/mol. The zero-order valence-electron chi connectivity index (χ0n) is 19.5. The molecule has 0 saturated carbocycles. The van der Waals surface area contributed by atoms with Crippen LogP contribution in [0, 0.1) is 6.92 Å². The number of nitrogens with zero attached hydrogens (tertiary/aromatic N) is 4. The summed E-state index contributed by atoms with van der Waals surface area (Å²) < 4.78 is 0. The average Bonchev–Trinajstić information content (AvgIpc) is 3.03. The van der Waals surface area contributed by atoms with Crippen LogP contribution < -0.4 is 5.32 Å². The van der Waals surface area contributed by atoms with E-state index >= 15 is 0 Å². The summed E-state index contributed by atoms with van der Waals surface area (Å²) in [5, 5.41) is 13.0. The number of aromatic nitrogens is 4. The molecule has 7 nitrogen and oxygen atoms in total. The van der Waals surface area contributed by atoms with Gasteiger partial charge in [-0.3, -0.25) is 14.9 Å². The third-order valence-corrected chi connectivity index (χ3v) is 6.53. The van der Waals surface area contributed by atoms with Crippen LogP contribution in [0.4, 0.5) is 0 Å². The normalized spacial score (nSPS) is 13.9. The Bertz CT molecular complexity index is 1320. The van der Waals surface area contributed by atoms with Crippen molar-refractivity contribution in [3.05, 3.63) is 52.8 Å². The molecule has 170 valence electrons. The summed E-state index contributed by atoms with van der Waals surface area (Å²) in [6.07, 6.45) is 7.25. The quantitative estimate of drug-likeness (QED) is 0.456. The van der Waals surface area contributed by atoms with Crippen LogP contribution in [0.5, 0.6) is 0 Å². The molecule has 4 aromatic rings. The Morgan fingerprint density at radius 1 is 1.03 bits per heavy atom. The molecule has 1 aliphatic carbocycles. The van der Waals surface area contributed by atoms with E-state index < -0.39 is 0 Å². The van der Waals surface area contributed by atoms with Crippen LogP contribution in [-0.2, 0) is 12.8 Å². The van der Waals surface area contributed by atoms with Crippen molar-refractivity contribution < 1.29 is 4.79 Å². The predicted molar refractivity (Wildman–Crippen MR) is 132 cm³/mol. The largest absolute Gasteiger partial charge is 0.351 e. The molecule has 1 aromatic carbocycles. The number of rotatable bonds is 5. The van der Waals surface area contributed by atoms with Crippen molar-refractivity contribution in [2.75, 3.05) is 27.2 Å². The van der Waals surface area contributed by atoms with Gasteiger partial charge >= 0.3 is 0 Å². The van der Waals surface area contributed by atoms with Crippen molar-refractivity contribution in [2.45, 2.75) is 39.0 Å². The molecule has 7 heteroatoms. The molecule has 0 saturated heterocycles. The standard InChI is InChI=1S/C26H30N6O/c1-16-23-21(31-30-16)12-11-20-24(23)18-7-5-4-6-8-19(18)25(29-20)22-10-9-17(15-28-22)26(33)27-13-14-32(2)3/h9-12,15H,4-8,13-14H2,1-3H3,(H,27,33)(H,30,31). The van der Waals surface area contributed by atoms with Crippen molar-refractivity contribution in [3.63, 3.8) is 0 Å². The molecule has 1 aliphatic rings. The second-order valence-electron chi connectivity index (χ2n) is 9.17. The molecule has 0 radical (unpaired) electrons. The summed E-state index contributed by atoms with van der Waals surface area (Å²) in [6, 6.07) is 7.89. The van der Waals surface area contributed by atoms with Gasteiger partial charge in [-0.05, 0) is 82.1 Å².